The average molecular weight is 292 g/mol. The first-order valence-electron chi connectivity index (χ1n) is 5.43. The summed E-state index contributed by atoms with van der Waals surface area (Å²) in [6, 6.07) is 0. The molecule has 20 heavy (non-hydrogen) atoms. The average Bonchev–Trinajstić information content (AvgIpc) is 2.70. The molecular formula is C12H9F5N2O. The zero-order chi connectivity index (χ0) is 15.2. The molecule has 0 unspecified atom stereocenters. The van der Waals surface area contributed by atoms with Gasteiger partial charge < -0.3 is 4.74 Å². The van der Waals surface area contributed by atoms with E-state index in [0.717, 1.165) is 0 Å². The van der Waals surface area contributed by atoms with E-state index < -0.39 is 34.8 Å². The SMILES string of the molecule is COc1c(C)c(C)nn1-c1c(F)c(F)c(F)c(F)c1F. The summed E-state index contributed by atoms with van der Waals surface area (Å²) in [4.78, 5) is 0. The fraction of sp³-hybridized carbons (Fsp3) is 0.250. The van der Waals surface area contributed by atoms with Gasteiger partial charge in [-0.15, -0.1) is 0 Å². The van der Waals surface area contributed by atoms with Crippen molar-refractivity contribution in [3.05, 3.63) is 40.3 Å². The van der Waals surface area contributed by atoms with Crippen LogP contribution < -0.4 is 4.74 Å². The van der Waals surface area contributed by atoms with Crippen LogP contribution in [0, 0.1) is 42.9 Å². The molecule has 0 aliphatic rings. The Morgan fingerprint density at radius 1 is 0.850 bits per heavy atom. The van der Waals surface area contributed by atoms with Gasteiger partial charge in [0.05, 0.1) is 12.8 Å². The van der Waals surface area contributed by atoms with Gasteiger partial charge in [0.1, 0.15) is 5.69 Å². The zero-order valence-electron chi connectivity index (χ0n) is 10.7. The number of hydrogen-bond donors (Lipinski definition) is 0. The molecule has 1 aromatic carbocycles. The normalized spacial score (nSPS) is 11.0. The van der Waals surface area contributed by atoms with Crippen molar-refractivity contribution in [1.82, 2.24) is 9.78 Å². The van der Waals surface area contributed by atoms with Crippen LogP contribution >= 0.6 is 0 Å². The van der Waals surface area contributed by atoms with Crippen molar-refractivity contribution in [2.24, 2.45) is 0 Å². The third-order valence-electron chi connectivity index (χ3n) is 2.90. The summed E-state index contributed by atoms with van der Waals surface area (Å²) in [5.41, 5.74) is -0.406. The van der Waals surface area contributed by atoms with Crippen LogP contribution in [0.3, 0.4) is 0 Å². The first kappa shape index (κ1) is 14.3. The molecule has 0 saturated carbocycles. The van der Waals surface area contributed by atoms with Gasteiger partial charge in [0, 0.05) is 5.56 Å². The largest absolute Gasteiger partial charge is 0.481 e. The smallest absolute Gasteiger partial charge is 0.219 e. The highest BCUT2D eigenvalue weighted by atomic mass is 19.2. The molecule has 1 heterocycles. The van der Waals surface area contributed by atoms with Crippen LogP contribution in [-0.2, 0) is 0 Å². The molecule has 0 N–H and O–H groups in total. The number of hydrogen-bond acceptors (Lipinski definition) is 2. The van der Waals surface area contributed by atoms with Crippen molar-refractivity contribution >= 4 is 0 Å². The maximum atomic E-state index is 13.7. The molecule has 0 aliphatic heterocycles. The van der Waals surface area contributed by atoms with Gasteiger partial charge in [-0.1, -0.05) is 0 Å². The van der Waals surface area contributed by atoms with Gasteiger partial charge in [-0.3, -0.25) is 0 Å². The van der Waals surface area contributed by atoms with E-state index in [4.69, 9.17) is 4.74 Å². The Hall–Kier alpha value is -2.12. The van der Waals surface area contributed by atoms with Crippen LogP contribution in [0.25, 0.3) is 5.69 Å². The van der Waals surface area contributed by atoms with Gasteiger partial charge in [0.25, 0.3) is 0 Å². The number of aromatic nitrogens is 2. The second-order valence-electron chi connectivity index (χ2n) is 4.05. The van der Waals surface area contributed by atoms with Crippen LogP contribution in [0.15, 0.2) is 0 Å². The first-order chi connectivity index (χ1) is 9.31. The molecule has 1 aromatic heterocycles. The molecule has 0 amide bonds. The van der Waals surface area contributed by atoms with Crippen LogP contribution in [0.5, 0.6) is 5.88 Å². The van der Waals surface area contributed by atoms with Crippen molar-refractivity contribution in [2.45, 2.75) is 13.8 Å². The molecule has 0 aliphatic carbocycles. The third-order valence-corrected chi connectivity index (χ3v) is 2.90. The molecule has 2 rings (SSSR count). The Morgan fingerprint density at radius 3 is 1.75 bits per heavy atom. The highest BCUT2D eigenvalue weighted by Crippen LogP contribution is 2.31. The van der Waals surface area contributed by atoms with E-state index in [1.165, 1.54) is 14.0 Å². The lowest BCUT2D eigenvalue weighted by Crippen LogP contribution is -2.11. The molecule has 0 saturated heterocycles. The number of halogens is 5. The van der Waals surface area contributed by atoms with Crippen molar-refractivity contribution in [3.8, 4) is 11.6 Å². The highest BCUT2D eigenvalue weighted by molar-refractivity contribution is 5.43. The summed E-state index contributed by atoms with van der Waals surface area (Å²) < 4.78 is 72.2. The lowest BCUT2D eigenvalue weighted by molar-refractivity contribution is 0.356. The van der Waals surface area contributed by atoms with Crippen molar-refractivity contribution in [3.63, 3.8) is 0 Å². The molecule has 0 atom stereocenters. The number of ether oxygens (including phenoxy) is 1. The van der Waals surface area contributed by atoms with E-state index in [9.17, 15) is 22.0 Å². The third kappa shape index (κ3) is 1.83. The number of nitrogens with zero attached hydrogens (tertiary/aromatic N) is 2. The molecule has 0 spiro atoms. The second-order valence-corrected chi connectivity index (χ2v) is 4.05. The fourth-order valence-electron chi connectivity index (χ4n) is 1.75. The lowest BCUT2D eigenvalue weighted by atomic mass is 10.2. The summed E-state index contributed by atoms with van der Waals surface area (Å²) in [6.45, 7) is 3.06. The molecule has 108 valence electrons. The number of rotatable bonds is 2. The quantitative estimate of drug-likeness (QED) is 0.483. The summed E-state index contributed by atoms with van der Waals surface area (Å²) in [7, 11) is 1.20. The Balaban J connectivity index is 2.87. The van der Waals surface area contributed by atoms with E-state index in [1.54, 1.807) is 6.92 Å². The molecule has 3 nitrogen and oxygen atoms in total. The maximum absolute atomic E-state index is 13.7. The van der Waals surface area contributed by atoms with Crippen molar-refractivity contribution in [1.29, 1.82) is 0 Å². The van der Waals surface area contributed by atoms with Gasteiger partial charge in [0.2, 0.25) is 11.7 Å². The van der Waals surface area contributed by atoms with E-state index in [0.29, 0.717) is 15.9 Å². The molecule has 0 fully saturated rings. The lowest BCUT2D eigenvalue weighted by Gasteiger charge is -2.10. The first-order valence-corrected chi connectivity index (χ1v) is 5.43. The van der Waals surface area contributed by atoms with Crippen molar-refractivity contribution < 1.29 is 26.7 Å². The number of benzene rings is 1. The monoisotopic (exact) mass is 292 g/mol. The van der Waals surface area contributed by atoms with Gasteiger partial charge in [-0.25, -0.2) is 22.0 Å². The minimum Gasteiger partial charge on any atom is -0.481 e. The molecular weight excluding hydrogens is 283 g/mol. The zero-order valence-corrected chi connectivity index (χ0v) is 10.7. The summed E-state index contributed by atoms with van der Waals surface area (Å²) in [6.07, 6.45) is 0. The van der Waals surface area contributed by atoms with Gasteiger partial charge >= 0.3 is 0 Å². The topological polar surface area (TPSA) is 27.1 Å². The van der Waals surface area contributed by atoms with Crippen LogP contribution in [0.4, 0.5) is 22.0 Å². The van der Waals surface area contributed by atoms with Crippen molar-refractivity contribution in [2.75, 3.05) is 7.11 Å². The summed E-state index contributed by atoms with van der Waals surface area (Å²) in [5.74, 6) is -10.3. The predicted octanol–water partition coefficient (Wildman–Crippen LogP) is 3.19. The fourth-order valence-corrected chi connectivity index (χ4v) is 1.75. The Labute approximate surface area is 110 Å². The molecule has 2 aromatic rings. The van der Waals surface area contributed by atoms with E-state index in [1.807, 2.05) is 0 Å². The molecule has 8 heteroatoms. The van der Waals surface area contributed by atoms with Gasteiger partial charge in [0.15, 0.2) is 23.3 Å². The standard InChI is InChI=1S/C12H9F5N2O/c1-4-5(2)18-19(12(4)20-3)11-9(16)7(14)6(13)8(15)10(11)17/h1-3H3. The van der Waals surface area contributed by atoms with Gasteiger partial charge in [-0.05, 0) is 13.8 Å². The van der Waals surface area contributed by atoms with Crippen LogP contribution in [0.1, 0.15) is 11.3 Å². The van der Waals surface area contributed by atoms with Crippen LogP contribution in [0.2, 0.25) is 0 Å². The number of methoxy groups -OCH3 is 1. The Bertz CT molecular complexity index is 667. The second kappa shape index (κ2) is 4.77. The summed E-state index contributed by atoms with van der Waals surface area (Å²) in [5, 5.41) is 3.74. The van der Waals surface area contributed by atoms with Gasteiger partial charge in [-0.2, -0.15) is 9.78 Å². The van der Waals surface area contributed by atoms with E-state index >= 15 is 0 Å². The summed E-state index contributed by atoms with van der Waals surface area (Å²) >= 11 is 0. The minimum absolute atomic E-state index is 0.106. The van der Waals surface area contributed by atoms with Crippen LogP contribution in [-0.4, -0.2) is 16.9 Å². The highest BCUT2D eigenvalue weighted by Gasteiger charge is 2.29. The minimum atomic E-state index is -2.22. The van der Waals surface area contributed by atoms with E-state index in [-0.39, 0.29) is 5.88 Å². The maximum Gasteiger partial charge on any atom is 0.219 e. The molecule has 0 bridgehead atoms. The number of aryl methyl sites for hydroxylation is 1. The molecule has 0 radical (unpaired) electrons. The van der Waals surface area contributed by atoms with E-state index in [2.05, 4.69) is 5.10 Å². The predicted molar refractivity (Wildman–Crippen MR) is 59.4 cm³/mol. The Morgan fingerprint density at radius 2 is 1.30 bits per heavy atom. The Kier molecular flexibility index (Phi) is 3.41.